The molecule has 1 aliphatic heterocycles. The van der Waals surface area contributed by atoms with Gasteiger partial charge in [-0.05, 0) is 30.9 Å². The quantitative estimate of drug-likeness (QED) is 0.797. The predicted molar refractivity (Wildman–Crippen MR) is 94.9 cm³/mol. The molecule has 1 aliphatic rings. The molecule has 0 saturated carbocycles. The van der Waals surface area contributed by atoms with Crippen LogP contribution in [0, 0.1) is 0 Å². The highest BCUT2D eigenvalue weighted by Gasteiger charge is 2.25. The molecule has 2 aromatic heterocycles. The fraction of sp³-hybridized carbons (Fsp3) is 0.316. The van der Waals surface area contributed by atoms with Crippen LogP contribution in [0.15, 0.2) is 55.1 Å². The van der Waals surface area contributed by atoms with Crippen molar-refractivity contribution in [1.29, 1.82) is 0 Å². The summed E-state index contributed by atoms with van der Waals surface area (Å²) in [6, 6.07) is 9.90. The van der Waals surface area contributed by atoms with E-state index >= 15 is 0 Å². The van der Waals surface area contributed by atoms with E-state index in [1.165, 1.54) is 0 Å². The van der Waals surface area contributed by atoms with E-state index in [0.29, 0.717) is 6.54 Å². The number of imidazole rings is 1. The molecule has 3 aromatic rings. The van der Waals surface area contributed by atoms with Gasteiger partial charge >= 0.3 is 0 Å². The molecule has 1 atom stereocenters. The SMILES string of the molecule is O=C1NCCCC[C@H]1n1ccnc1-c1ccccc1Cn1cccn1. The van der Waals surface area contributed by atoms with E-state index in [9.17, 15) is 4.79 Å². The molecule has 0 radical (unpaired) electrons. The molecule has 0 aliphatic carbocycles. The van der Waals surface area contributed by atoms with E-state index in [1.54, 1.807) is 12.4 Å². The number of benzene rings is 1. The van der Waals surface area contributed by atoms with Gasteiger partial charge in [0, 0.05) is 36.9 Å². The zero-order valence-corrected chi connectivity index (χ0v) is 14.0. The summed E-state index contributed by atoms with van der Waals surface area (Å²) in [6.07, 6.45) is 10.3. The molecule has 25 heavy (non-hydrogen) atoms. The molecule has 1 fully saturated rings. The van der Waals surface area contributed by atoms with E-state index in [2.05, 4.69) is 27.5 Å². The molecule has 128 valence electrons. The second-order valence-electron chi connectivity index (χ2n) is 6.32. The van der Waals surface area contributed by atoms with Crippen molar-refractivity contribution in [3.8, 4) is 11.4 Å². The van der Waals surface area contributed by atoms with Crippen LogP contribution in [0.3, 0.4) is 0 Å². The molecule has 4 rings (SSSR count). The second kappa shape index (κ2) is 6.93. The molecule has 6 heteroatoms. The lowest BCUT2D eigenvalue weighted by molar-refractivity contribution is -0.124. The summed E-state index contributed by atoms with van der Waals surface area (Å²) in [5.74, 6) is 0.922. The standard InChI is InChI=1S/C19H21N5O/c25-19-17(8-3-4-9-21-19)24-13-11-20-18(24)16-7-2-1-6-15(16)14-23-12-5-10-22-23/h1-2,5-7,10-13,17H,3-4,8-9,14H2,(H,21,25)/t17-/m1/s1. The minimum absolute atomic E-state index is 0.0845. The fourth-order valence-corrected chi connectivity index (χ4v) is 3.41. The summed E-state index contributed by atoms with van der Waals surface area (Å²) in [7, 11) is 0. The Balaban J connectivity index is 1.72. The first-order valence-corrected chi connectivity index (χ1v) is 8.69. The smallest absolute Gasteiger partial charge is 0.243 e. The third kappa shape index (κ3) is 3.20. The fourth-order valence-electron chi connectivity index (χ4n) is 3.41. The number of carbonyl (C=O) groups excluding carboxylic acids is 1. The lowest BCUT2D eigenvalue weighted by Crippen LogP contribution is -2.31. The average molecular weight is 335 g/mol. The van der Waals surface area contributed by atoms with Crippen molar-refractivity contribution in [2.75, 3.05) is 6.54 Å². The van der Waals surface area contributed by atoms with E-state index in [1.807, 2.05) is 39.8 Å². The van der Waals surface area contributed by atoms with Gasteiger partial charge in [0.2, 0.25) is 5.91 Å². The Morgan fingerprint density at radius 3 is 2.92 bits per heavy atom. The van der Waals surface area contributed by atoms with Gasteiger partial charge < -0.3 is 9.88 Å². The van der Waals surface area contributed by atoms with Crippen LogP contribution in [0.1, 0.15) is 30.9 Å². The molecule has 1 aromatic carbocycles. The van der Waals surface area contributed by atoms with Crippen molar-refractivity contribution in [3.63, 3.8) is 0 Å². The zero-order chi connectivity index (χ0) is 17.1. The lowest BCUT2D eigenvalue weighted by Gasteiger charge is -2.19. The third-order valence-electron chi connectivity index (χ3n) is 4.66. The van der Waals surface area contributed by atoms with Crippen molar-refractivity contribution >= 4 is 5.91 Å². The summed E-state index contributed by atoms with van der Waals surface area (Å²) in [4.78, 5) is 17.0. The highest BCUT2D eigenvalue weighted by molar-refractivity contribution is 5.81. The van der Waals surface area contributed by atoms with Crippen molar-refractivity contribution in [2.45, 2.75) is 31.8 Å². The number of hydrogen-bond donors (Lipinski definition) is 1. The van der Waals surface area contributed by atoms with Crippen molar-refractivity contribution in [3.05, 3.63) is 60.7 Å². The van der Waals surface area contributed by atoms with Gasteiger partial charge in [0.15, 0.2) is 0 Å². The topological polar surface area (TPSA) is 64.7 Å². The van der Waals surface area contributed by atoms with Gasteiger partial charge in [-0.2, -0.15) is 5.10 Å². The Bertz CT molecular complexity index is 852. The van der Waals surface area contributed by atoms with Crippen LogP contribution in [0.4, 0.5) is 0 Å². The molecular formula is C19H21N5O. The van der Waals surface area contributed by atoms with Gasteiger partial charge in [0.25, 0.3) is 0 Å². The van der Waals surface area contributed by atoms with Gasteiger partial charge in [0.1, 0.15) is 11.9 Å². The number of rotatable bonds is 4. The summed E-state index contributed by atoms with van der Waals surface area (Å²) < 4.78 is 3.91. The molecule has 1 N–H and O–H groups in total. The monoisotopic (exact) mass is 335 g/mol. The molecular weight excluding hydrogens is 314 g/mol. The van der Waals surface area contributed by atoms with Gasteiger partial charge in [-0.15, -0.1) is 0 Å². The number of hydrogen-bond acceptors (Lipinski definition) is 3. The van der Waals surface area contributed by atoms with Crippen molar-refractivity contribution in [1.82, 2.24) is 24.6 Å². The maximum atomic E-state index is 12.5. The number of carbonyl (C=O) groups is 1. The Morgan fingerprint density at radius 2 is 2.04 bits per heavy atom. The van der Waals surface area contributed by atoms with E-state index in [-0.39, 0.29) is 11.9 Å². The number of nitrogens with one attached hydrogen (secondary N) is 1. The van der Waals surface area contributed by atoms with Gasteiger partial charge in [-0.25, -0.2) is 4.98 Å². The summed E-state index contributed by atoms with van der Waals surface area (Å²) in [5.41, 5.74) is 2.17. The number of nitrogens with zero attached hydrogens (tertiary/aromatic N) is 4. The van der Waals surface area contributed by atoms with Gasteiger partial charge in [-0.3, -0.25) is 9.48 Å². The summed E-state index contributed by atoms with van der Waals surface area (Å²) in [6.45, 7) is 1.43. The molecule has 0 spiro atoms. The van der Waals surface area contributed by atoms with Crippen molar-refractivity contribution in [2.24, 2.45) is 0 Å². The van der Waals surface area contributed by atoms with Gasteiger partial charge in [0.05, 0.1) is 6.54 Å². The Labute approximate surface area is 146 Å². The molecule has 0 bridgehead atoms. The maximum Gasteiger partial charge on any atom is 0.243 e. The highest BCUT2D eigenvalue weighted by Crippen LogP contribution is 2.28. The zero-order valence-electron chi connectivity index (χ0n) is 14.0. The molecule has 3 heterocycles. The maximum absolute atomic E-state index is 12.5. The van der Waals surface area contributed by atoms with Crippen LogP contribution in [0.25, 0.3) is 11.4 Å². The van der Waals surface area contributed by atoms with E-state index in [0.717, 1.165) is 42.8 Å². The second-order valence-corrected chi connectivity index (χ2v) is 6.32. The molecule has 1 amide bonds. The lowest BCUT2D eigenvalue weighted by atomic mass is 10.1. The van der Waals surface area contributed by atoms with Crippen LogP contribution >= 0.6 is 0 Å². The largest absolute Gasteiger partial charge is 0.354 e. The Morgan fingerprint density at radius 1 is 1.12 bits per heavy atom. The first kappa shape index (κ1) is 15.6. The van der Waals surface area contributed by atoms with Crippen molar-refractivity contribution < 1.29 is 4.79 Å². The van der Waals surface area contributed by atoms with E-state index in [4.69, 9.17) is 0 Å². The molecule has 6 nitrogen and oxygen atoms in total. The third-order valence-corrected chi connectivity index (χ3v) is 4.66. The minimum Gasteiger partial charge on any atom is -0.354 e. The van der Waals surface area contributed by atoms with E-state index < -0.39 is 0 Å². The van der Waals surface area contributed by atoms with Crippen LogP contribution in [0.5, 0.6) is 0 Å². The summed E-state index contributed by atoms with van der Waals surface area (Å²) in [5, 5.41) is 7.31. The molecule has 1 saturated heterocycles. The highest BCUT2D eigenvalue weighted by atomic mass is 16.2. The Hall–Kier alpha value is -2.89. The minimum atomic E-state index is -0.197. The number of amides is 1. The molecule has 0 unspecified atom stereocenters. The average Bonchev–Trinajstić information content (AvgIpc) is 3.26. The summed E-state index contributed by atoms with van der Waals surface area (Å²) >= 11 is 0. The van der Waals surface area contributed by atoms with Crippen LogP contribution in [-0.4, -0.2) is 31.8 Å². The number of aromatic nitrogens is 4. The van der Waals surface area contributed by atoms with Crippen LogP contribution in [-0.2, 0) is 11.3 Å². The normalized spacial score (nSPS) is 17.9. The predicted octanol–water partition coefficient (Wildman–Crippen LogP) is 2.64. The Kier molecular flexibility index (Phi) is 4.33. The van der Waals surface area contributed by atoms with Crippen LogP contribution in [0.2, 0.25) is 0 Å². The first-order chi connectivity index (χ1) is 12.3. The van der Waals surface area contributed by atoms with Gasteiger partial charge in [-0.1, -0.05) is 24.3 Å². The van der Waals surface area contributed by atoms with Crippen LogP contribution < -0.4 is 5.32 Å². The first-order valence-electron chi connectivity index (χ1n) is 8.69.